The first-order chi connectivity index (χ1) is 8.58. The van der Waals surface area contributed by atoms with Crippen LogP contribution in [0.5, 0.6) is 0 Å². The molecule has 0 bridgehead atoms. The molecule has 1 unspecified atom stereocenters. The van der Waals surface area contributed by atoms with Crippen molar-refractivity contribution in [3.8, 4) is 0 Å². The van der Waals surface area contributed by atoms with E-state index in [9.17, 15) is 14.9 Å². The quantitative estimate of drug-likeness (QED) is 0.627. The molecule has 0 aliphatic carbocycles. The number of carbonyl (C=O) groups is 1. The smallest absolute Gasteiger partial charge is 0.269 e. The number of carbonyl (C=O) groups excluding carboxylic acids is 1. The number of nitrogens with one attached hydrogen (secondary N) is 1. The molecule has 1 aliphatic rings. The third-order valence-electron chi connectivity index (χ3n) is 2.98. The summed E-state index contributed by atoms with van der Waals surface area (Å²) in [5, 5.41) is 13.8. The highest BCUT2D eigenvalue weighted by atomic mass is 16.6. The number of hydrogen-bond acceptors (Lipinski definition) is 4. The lowest BCUT2D eigenvalue weighted by Gasteiger charge is -2.31. The summed E-state index contributed by atoms with van der Waals surface area (Å²) in [6, 6.07) is 6.01. The Labute approximate surface area is 105 Å². The maximum absolute atomic E-state index is 12.2. The van der Waals surface area contributed by atoms with Crippen molar-refractivity contribution in [3.63, 3.8) is 0 Å². The minimum atomic E-state index is -0.471. The summed E-state index contributed by atoms with van der Waals surface area (Å²) in [6.45, 7) is 4.13. The standard InChI is InChI=1S/C12H15N3O3/c1-9-8-14(7-6-13-9)12(16)10-2-4-11(5-3-10)15(17)18/h2-5,9,13H,6-8H2,1H3. The Balaban J connectivity index is 2.10. The van der Waals surface area contributed by atoms with Crippen LogP contribution < -0.4 is 5.32 Å². The van der Waals surface area contributed by atoms with Crippen molar-refractivity contribution in [1.82, 2.24) is 10.2 Å². The fourth-order valence-electron chi connectivity index (χ4n) is 2.03. The normalized spacial score (nSPS) is 19.6. The van der Waals surface area contributed by atoms with Crippen molar-refractivity contribution in [3.05, 3.63) is 39.9 Å². The monoisotopic (exact) mass is 249 g/mol. The van der Waals surface area contributed by atoms with Gasteiger partial charge < -0.3 is 10.2 Å². The summed E-state index contributed by atoms with van der Waals surface area (Å²) in [7, 11) is 0. The third kappa shape index (κ3) is 2.65. The van der Waals surface area contributed by atoms with Gasteiger partial charge in [-0.05, 0) is 19.1 Å². The summed E-state index contributed by atoms with van der Waals surface area (Å²) in [6.07, 6.45) is 0. The Hall–Kier alpha value is -1.95. The van der Waals surface area contributed by atoms with Crippen LogP contribution in [0.15, 0.2) is 24.3 Å². The van der Waals surface area contributed by atoms with E-state index in [4.69, 9.17) is 0 Å². The summed E-state index contributed by atoms with van der Waals surface area (Å²) >= 11 is 0. The fraction of sp³-hybridized carbons (Fsp3) is 0.417. The van der Waals surface area contributed by atoms with Gasteiger partial charge in [0, 0.05) is 43.4 Å². The molecule has 6 nitrogen and oxygen atoms in total. The molecule has 0 radical (unpaired) electrons. The van der Waals surface area contributed by atoms with E-state index in [1.807, 2.05) is 6.92 Å². The average molecular weight is 249 g/mol. The van der Waals surface area contributed by atoms with Gasteiger partial charge in [-0.1, -0.05) is 0 Å². The molecule has 0 saturated carbocycles. The minimum absolute atomic E-state index is 0.000212. The number of amides is 1. The first-order valence-electron chi connectivity index (χ1n) is 5.85. The van der Waals surface area contributed by atoms with Crippen LogP contribution in [0, 0.1) is 10.1 Å². The van der Waals surface area contributed by atoms with E-state index in [1.54, 1.807) is 4.90 Å². The van der Waals surface area contributed by atoms with Crippen molar-refractivity contribution >= 4 is 11.6 Å². The molecule has 1 aliphatic heterocycles. The molecule has 1 aromatic carbocycles. The molecule has 96 valence electrons. The van der Waals surface area contributed by atoms with Gasteiger partial charge in [0.25, 0.3) is 11.6 Å². The number of nitro benzene ring substituents is 1. The maximum atomic E-state index is 12.2. The molecule has 1 saturated heterocycles. The van der Waals surface area contributed by atoms with Crippen molar-refractivity contribution in [2.75, 3.05) is 19.6 Å². The van der Waals surface area contributed by atoms with Crippen LogP contribution in [0.25, 0.3) is 0 Å². The third-order valence-corrected chi connectivity index (χ3v) is 2.98. The lowest BCUT2D eigenvalue weighted by Crippen LogP contribution is -2.51. The first-order valence-corrected chi connectivity index (χ1v) is 5.85. The molecule has 0 aromatic heterocycles. The summed E-state index contributed by atoms with van der Waals surface area (Å²) in [4.78, 5) is 24.0. The molecule has 0 spiro atoms. The highest BCUT2D eigenvalue weighted by Gasteiger charge is 2.21. The molecule has 1 atom stereocenters. The zero-order valence-corrected chi connectivity index (χ0v) is 10.1. The fourth-order valence-corrected chi connectivity index (χ4v) is 2.03. The first kappa shape index (κ1) is 12.5. The van der Waals surface area contributed by atoms with Crippen molar-refractivity contribution < 1.29 is 9.72 Å². The minimum Gasteiger partial charge on any atom is -0.336 e. The molecular formula is C12H15N3O3. The number of benzene rings is 1. The molecule has 1 aromatic rings. The molecule has 2 rings (SSSR count). The van der Waals surface area contributed by atoms with Crippen LogP contribution in [-0.2, 0) is 0 Å². The number of non-ortho nitro benzene ring substituents is 1. The van der Waals surface area contributed by atoms with Crippen molar-refractivity contribution in [2.45, 2.75) is 13.0 Å². The second kappa shape index (κ2) is 5.14. The van der Waals surface area contributed by atoms with Crippen LogP contribution in [-0.4, -0.2) is 41.4 Å². The molecule has 6 heteroatoms. The largest absolute Gasteiger partial charge is 0.336 e. The number of nitrogens with zero attached hydrogens (tertiary/aromatic N) is 2. The molecular weight excluding hydrogens is 234 g/mol. The van der Waals surface area contributed by atoms with E-state index < -0.39 is 4.92 Å². The Morgan fingerprint density at radius 1 is 1.44 bits per heavy atom. The van der Waals surface area contributed by atoms with E-state index in [1.165, 1.54) is 24.3 Å². The van der Waals surface area contributed by atoms with Gasteiger partial charge >= 0.3 is 0 Å². The Morgan fingerprint density at radius 3 is 2.67 bits per heavy atom. The van der Waals surface area contributed by atoms with Gasteiger partial charge in [0.2, 0.25) is 0 Å². The van der Waals surface area contributed by atoms with Crippen LogP contribution in [0.3, 0.4) is 0 Å². The molecule has 1 amide bonds. The Kier molecular flexibility index (Phi) is 3.57. The van der Waals surface area contributed by atoms with Crippen molar-refractivity contribution in [1.29, 1.82) is 0 Å². The van der Waals surface area contributed by atoms with E-state index >= 15 is 0 Å². The van der Waals surface area contributed by atoms with Crippen LogP contribution in [0.4, 0.5) is 5.69 Å². The summed E-state index contributed by atoms with van der Waals surface area (Å²) in [5.74, 6) is -0.0711. The van der Waals surface area contributed by atoms with Crippen molar-refractivity contribution in [2.24, 2.45) is 0 Å². The number of hydrogen-bond donors (Lipinski definition) is 1. The number of nitro groups is 1. The van der Waals surface area contributed by atoms with Gasteiger partial charge in [-0.25, -0.2) is 0 Å². The van der Waals surface area contributed by atoms with Crippen LogP contribution in [0.2, 0.25) is 0 Å². The highest BCUT2D eigenvalue weighted by molar-refractivity contribution is 5.94. The SMILES string of the molecule is CC1CN(C(=O)c2ccc([N+](=O)[O-])cc2)CCN1. The van der Waals surface area contributed by atoms with E-state index in [2.05, 4.69) is 5.32 Å². The average Bonchev–Trinajstić information content (AvgIpc) is 2.38. The summed E-state index contributed by atoms with van der Waals surface area (Å²) in [5.41, 5.74) is 0.495. The van der Waals surface area contributed by atoms with E-state index in [0.717, 1.165) is 6.54 Å². The maximum Gasteiger partial charge on any atom is 0.269 e. The van der Waals surface area contributed by atoms with Gasteiger partial charge in [-0.15, -0.1) is 0 Å². The van der Waals surface area contributed by atoms with Gasteiger partial charge in [-0.2, -0.15) is 0 Å². The van der Waals surface area contributed by atoms with E-state index in [-0.39, 0.29) is 17.6 Å². The predicted molar refractivity (Wildman–Crippen MR) is 66.5 cm³/mol. The van der Waals surface area contributed by atoms with Gasteiger partial charge in [0.05, 0.1) is 4.92 Å². The number of piperazine rings is 1. The van der Waals surface area contributed by atoms with Gasteiger partial charge in [0.1, 0.15) is 0 Å². The van der Waals surface area contributed by atoms with Gasteiger partial charge in [0.15, 0.2) is 0 Å². The second-order valence-electron chi connectivity index (χ2n) is 4.41. The lowest BCUT2D eigenvalue weighted by molar-refractivity contribution is -0.384. The lowest BCUT2D eigenvalue weighted by atomic mass is 10.1. The second-order valence-corrected chi connectivity index (χ2v) is 4.41. The summed E-state index contributed by atoms with van der Waals surface area (Å²) < 4.78 is 0. The molecule has 1 N–H and O–H groups in total. The predicted octanol–water partition coefficient (Wildman–Crippen LogP) is 1.03. The van der Waals surface area contributed by atoms with Gasteiger partial charge in [-0.3, -0.25) is 14.9 Å². The zero-order chi connectivity index (χ0) is 13.1. The number of rotatable bonds is 2. The Bertz CT molecular complexity index is 458. The molecule has 18 heavy (non-hydrogen) atoms. The van der Waals surface area contributed by atoms with Crippen LogP contribution >= 0.6 is 0 Å². The van der Waals surface area contributed by atoms with E-state index in [0.29, 0.717) is 18.7 Å². The van der Waals surface area contributed by atoms with Crippen LogP contribution in [0.1, 0.15) is 17.3 Å². The highest BCUT2D eigenvalue weighted by Crippen LogP contribution is 2.14. The zero-order valence-electron chi connectivity index (χ0n) is 10.1. The topological polar surface area (TPSA) is 75.5 Å². The molecule has 1 fully saturated rings. The Morgan fingerprint density at radius 2 is 2.11 bits per heavy atom. The molecule has 1 heterocycles.